The first-order valence-electron chi connectivity index (χ1n) is 10.2. The van der Waals surface area contributed by atoms with E-state index in [1.165, 1.54) is 0 Å². The molecule has 0 unspecified atom stereocenters. The average molecular weight is 414 g/mol. The van der Waals surface area contributed by atoms with Crippen LogP contribution in [0.3, 0.4) is 0 Å². The van der Waals surface area contributed by atoms with E-state index in [1.807, 2.05) is 77.4 Å². The largest absolute Gasteiger partial charge is 0.477 e. The minimum atomic E-state index is -0.924. The Hall–Kier alpha value is -3.77. The highest BCUT2D eigenvalue weighted by Gasteiger charge is 2.22. The van der Waals surface area contributed by atoms with Crippen molar-refractivity contribution >= 4 is 16.9 Å². The Balaban J connectivity index is 1.45. The van der Waals surface area contributed by atoms with Gasteiger partial charge in [0, 0.05) is 36.1 Å². The Morgan fingerprint density at radius 2 is 1.68 bits per heavy atom. The van der Waals surface area contributed by atoms with E-state index in [1.54, 1.807) is 0 Å². The van der Waals surface area contributed by atoms with Gasteiger partial charge < -0.3 is 24.5 Å². The van der Waals surface area contributed by atoms with E-state index in [9.17, 15) is 9.90 Å². The molecule has 1 aromatic heterocycles. The molecule has 0 saturated carbocycles. The molecule has 0 fully saturated rings. The molecule has 0 radical (unpaired) electrons. The van der Waals surface area contributed by atoms with Crippen molar-refractivity contribution in [1.29, 1.82) is 0 Å². The van der Waals surface area contributed by atoms with Crippen molar-refractivity contribution < 1.29 is 19.4 Å². The molecule has 0 saturated heterocycles. The molecule has 0 aliphatic carbocycles. The second kappa shape index (κ2) is 8.16. The Bertz CT molecular complexity index is 1250. The first-order chi connectivity index (χ1) is 15.2. The summed E-state index contributed by atoms with van der Waals surface area (Å²) in [4.78, 5) is 12.3. The summed E-state index contributed by atoms with van der Waals surface area (Å²) in [6.07, 6.45) is 0. The number of carboxylic acid groups (broad SMARTS) is 1. The summed E-state index contributed by atoms with van der Waals surface area (Å²) in [5.74, 6) is 0.567. The normalized spacial score (nSPS) is 12.4. The van der Waals surface area contributed by atoms with Crippen molar-refractivity contribution in [2.75, 3.05) is 6.79 Å². The molecular formula is C25H22N2O4. The van der Waals surface area contributed by atoms with Crippen LogP contribution in [-0.2, 0) is 19.6 Å². The first-order valence-corrected chi connectivity index (χ1v) is 10.2. The SMILES string of the molecule is O=C(O)c1c(CNCc2ccc3c(c2)OCO3)c2ccccc2n1Cc1ccccc1. The Kier molecular flexibility index (Phi) is 5.06. The molecule has 3 aromatic carbocycles. The lowest BCUT2D eigenvalue weighted by Crippen LogP contribution is -2.17. The van der Waals surface area contributed by atoms with Gasteiger partial charge in [0.2, 0.25) is 6.79 Å². The molecule has 4 aromatic rings. The van der Waals surface area contributed by atoms with Gasteiger partial charge >= 0.3 is 5.97 Å². The highest BCUT2D eigenvalue weighted by Crippen LogP contribution is 2.32. The highest BCUT2D eigenvalue weighted by molar-refractivity contribution is 5.98. The fraction of sp³-hybridized carbons (Fsp3) is 0.160. The van der Waals surface area contributed by atoms with Gasteiger partial charge in [0.25, 0.3) is 0 Å². The summed E-state index contributed by atoms with van der Waals surface area (Å²) in [5, 5.41) is 14.4. The van der Waals surface area contributed by atoms with Crippen LogP contribution in [-0.4, -0.2) is 22.4 Å². The van der Waals surface area contributed by atoms with Gasteiger partial charge in [-0.1, -0.05) is 54.6 Å². The van der Waals surface area contributed by atoms with Gasteiger partial charge in [-0.15, -0.1) is 0 Å². The Morgan fingerprint density at radius 3 is 2.52 bits per heavy atom. The van der Waals surface area contributed by atoms with E-state index in [0.29, 0.717) is 25.3 Å². The number of para-hydroxylation sites is 1. The van der Waals surface area contributed by atoms with Gasteiger partial charge in [-0.25, -0.2) is 4.79 Å². The molecule has 5 rings (SSSR count). The molecule has 6 heteroatoms. The molecule has 1 aliphatic rings. The van der Waals surface area contributed by atoms with Crippen molar-refractivity contribution in [3.63, 3.8) is 0 Å². The standard InChI is InChI=1S/C25H22N2O4/c28-25(29)24-20(14-26-13-18-10-11-22-23(12-18)31-16-30-22)19-8-4-5-9-21(19)27(24)15-17-6-2-1-3-7-17/h1-12,26H,13-16H2,(H,28,29). The number of ether oxygens (including phenoxy) is 2. The van der Waals surface area contributed by atoms with E-state index in [4.69, 9.17) is 9.47 Å². The zero-order valence-electron chi connectivity index (χ0n) is 16.9. The fourth-order valence-electron chi connectivity index (χ4n) is 4.11. The predicted molar refractivity (Wildman–Crippen MR) is 118 cm³/mol. The van der Waals surface area contributed by atoms with Crippen LogP contribution in [0.25, 0.3) is 10.9 Å². The van der Waals surface area contributed by atoms with Crippen LogP contribution < -0.4 is 14.8 Å². The van der Waals surface area contributed by atoms with E-state index >= 15 is 0 Å². The Morgan fingerprint density at radius 1 is 0.903 bits per heavy atom. The second-order valence-corrected chi connectivity index (χ2v) is 7.51. The summed E-state index contributed by atoms with van der Waals surface area (Å²) in [7, 11) is 0. The highest BCUT2D eigenvalue weighted by atomic mass is 16.7. The molecule has 1 aliphatic heterocycles. The van der Waals surface area contributed by atoms with Crippen LogP contribution >= 0.6 is 0 Å². The molecule has 0 atom stereocenters. The fourth-order valence-corrected chi connectivity index (χ4v) is 4.11. The van der Waals surface area contributed by atoms with Gasteiger partial charge in [-0.2, -0.15) is 0 Å². The monoisotopic (exact) mass is 414 g/mol. The van der Waals surface area contributed by atoms with Crippen LogP contribution in [0.15, 0.2) is 72.8 Å². The lowest BCUT2D eigenvalue weighted by Gasteiger charge is -2.10. The van der Waals surface area contributed by atoms with Gasteiger partial charge in [0.05, 0.1) is 0 Å². The number of nitrogens with zero attached hydrogens (tertiary/aromatic N) is 1. The molecule has 0 bridgehead atoms. The van der Waals surface area contributed by atoms with E-state index < -0.39 is 5.97 Å². The topological polar surface area (TPSA) is 72.7 Å². The van der Waals surface area contributed by atoms with Crippen LogP contribution in [0, 0.1) is 0 Å². The second-order valence-electron chi connectivity index (χ2n) is 7.51. The van der Waals surface area contributed by atoms with Gasteiger partial charge in [0.15, 0.2) is 11.5 Å². The zero-order chi connectivity index (χ0) is 21.2. The maximum Gasteiger partial charge on any atom is 0.352 e. The lowest BCUT2D eigenvalue weighted by atomic mass is 10.1. The Labute approximate surface area is 179 Å². The van der Waals surface area contributed by atoms with Crippen LogP contribution in [0.5, 0.6) is 11.5 Å². The lowest BCUT2D eigenvalue weighted by molar-refractivity contribution is 0.0684. The van der Waals surface area contributed by atoms with Gasteiger partial charge in [-0.05, 0) is 29.3 Å². The smallest absolute Gasteiger partial charge is 0.352 e. The molecule has 0 spiro atoms. The van der Waals surface area contributed by atoms with E-state index in [0.717, 1.165) is 39.1 Å². The van der Waals surface area contributed by atoms with Crippen molar-refractivity contribution in [2.45, 2.75) is 19.6 Å². The minimum Gasteiger partial charge on any atom is -0.477 e. The molecule has 2 heterocycles. The van der Waals surface area contributed by atoms with Crippen LogP contribution in [0.1, 0.15) is 27.2 Å². The third kappa shape index (κ3) is 3.73. The number of carboxylic acids is 1. The van der Waals surface area contributed by atoms with E-state index in [-0.39, 0.29) is 6.79 Å². The zero-order valence-corrected chi connectivity index (χ0v) is 16.9. The first kappa shape index (κ1) is 19.2. The number of rotatable bonds is 7. The van der Waals surface area contributed by atoms with Crippen LogP contribution in [0.4, 0.5) is 0 Å². The van der Waals surface area contributed by atoms with Gasteiger partial charge in [0.1, 0.15) is 5.69 Å². The average Bonchev–Trinajstić information content (AvgIpc) is 3.37. The third-order valence-corrected chi connectivity index (χ3v) is 5.53. The number of hydrogen-bond acceptors (Lipinski definition) is 4. The van der Waals surface area contributed by atoms with Crippen LogP contribution in [0.2, 0.25) is 0 Å². The number of nitrogens with one attached hydrogen (secondary N) is 1. The van der Waals surface area contributed by atoms with Crippen molar-refractivity contribution in [2.24, 2.45) is 0 Å². The molecular weight excluding hydrogens is 392 g/mol. The third-order valence-electron chi connectivity index (χ3n) is 5.53. The molecule has 6 nitrogen and oxygen atoms in total. The van der Waals surface area contributed by atoms with Crippen molar-refractivity contribution in [1.82, 2.24) is 9.88 Å². The van der Waals surface area contributed by atoms with Crippen molar-refractivity contribution in [3.8, 4) is 11.5 Å². The molecule has 156 valence electrons. The maximum atomic E-state index is 12.3. The summed E-state index contributed by atoms with van der Waals surface area (Å²) in [5.41, 5.74) is 4.14. The summed E-state index contributed by atoms with van der Waals surface area (Å²) >= 11 is 0. The number of aromatic nitrogens is 1. The summed E-state index contributed by atoms with van der Waals surface area (Å²) in [6.45, 7) is 1.78. The quantitative estimate of drug-likeness (QED) is 0.469. The number of benzene rings is 3. The number of carbonyl (C=O) groups is 1. The number of fused-ring (bicyclic) bond motifs is 2. The molecule has 2 N–H and O–H groups in total. The number of hydrogen-bond donors (Lipinski definition) is 2. The minimum absolute atomic E-state index is 0.245. The maximum absolute atomic E-state index is 12.3. The predicted octanol–water partition coefficient (Wildman–Crippen LogP) is 4.41. The summed E-state index contributed by atoms with van der Waals surface area (Å²) in [6, 6.07) is 23.6. The summed E-state index contributed by atoms with van der Waals surface area (Å²) < 4.78 is 12.7. The van der Waals surface area contributed by atoms with Crippen molar-refractivity contribution in [3.05, 3.63) is 95.2 Å². The molecule has 31 heavy (non-hydrogen) atoms. The van der Waals surface area contributed by atoms with Gasteiger partial charge in [-0.3, -0.25) is 0 Å². The number of aromatic carboxylic acids is 1. The van der Waals surface area contributed by atoms with E-state index in [2.05, 4.69) is 5.32 Å². The molecule has 0 amide bonds.